The molecule has 2 N–H and O–H groups in total. The van der Waals surface area contributed by atoms with Gasteiger partial charge in [0.25, 0.3) is 0 Å². The summed E-state index contributed by atoms with van der Waals surface area (Å²) in [6.45, 7) is 0. The number of hydrogen-bond acceptors (Lipinski definition) is 5. The van der Waals surface area contributed by atoms with Crippen LogP contribution in [0.5, 0.6) is 0 Å². The summed E-state index contributed by atoms with van der Waals surface area (Å²) in [4.78, 5) is 15.8. The molecule has 1 aromatic heterocycles. The molecule has 2 aromatic carbocycles. The summed E-state index contributed by atoms with van der Waals surface area (Å²) in [6.07, 6.45) is 4.83. The number of carbonyl (C=O) groups is 1. The molecule has 3 rings (SSSR count). The number of carbonyl (C=O) groups excluding carboxylic acids is 1. The lowest BCUT2D eigenvalue weighted by Gasteiger charge is -2.04. The van der Waals surface area contributed by atoms with Crippen LogP contribution in [0.3, 0.4) is 0 Å². The molecule has 0 spiro atoms. The van der Waals surface area contributed by atoms with Crippen molar-refractivity contribution < 1.29 is 4.79 Å². The van der Waals surface area contributed by atoms with E-state index in [-0.39, 0.29) is 0 Å². The van der Waals surface area contributed by atoms with Gasteiger partial charge in [0, 0.05) is 23.6 Å². The van der Waals surface area contributed by atoms with Crippen LogP contribution in [0.15, 0.2) is 94.5 Å². The van der Waals surface area contributed by atoms with Crippen molar-refractivity contribution in [3.05, 3.63) is 84.7 Å². The van der Waals surface area contributed by atoms with Gasteiger partial charge in [0.05, 0.1) is 17.6 Å². The fourth-order valence-corrected chi connectivity index (χ4v) is 2.00. The molecule has 1 heterocycles. The molecule has 128 valence electrons. The lowest BCUT2D eigenvalue weighted by molar-refractivity contribution is 0.252. The molecule has 0 radical (unpaired) electrons. The molecule has 0 saturated carbocycles. The molecular formula is C19H16N6O. The Labute approximate surface area is 150 Å². The van der Waals surface area contributed by atoms with Crippen molar-refractivity contribution in [1.29, 1.82) is 0 Å². The average Bonchev–Trinajstić information content (AvgIpc) is 2.69. The number of urea groups is 1. The van der Waals surface area contributed by atoms with Gasteiger partial charge >= 0.3 is 6.03 Å². The van der Waals surface area contributed by atoms with E-state index in [2.05, 4.69) is 31.1 Å². The first-order valence-electron chi connectivity index (χ1n) is 7.86. The zero-order valence-corrected chi connectivity index (χ0v) is 13.8. The minimum Gasteiger partial charge on any atom is -0.307 e. The molecule has 26 heavy (non-hydrogen) atoms. The van der Waals surface area contributed by atoms with Crippen LogP contribution in [0.2, 0.25) is 0 Å². The van der Waals surface area contributed by atoms with Crippen LogP contribution in [-0.2, 0) is 0 Å². The van der Waals surface area contributed by atoms with Crippen molar-refractivity contribution in [2.24, 2.45) is 15.3 Å². The van der Waals surface area contributed by atoms with E-state index in [1.54, 1.807) is 42.7 Å². The summed E-state index contributed by atoms with van der Waals surface area (Å²) in [5.74, 6) is 0. The molecule has 7 nitrogen and oxygen atoms in total. The Hall–Kier alpha value is -3.87. The second-order valence-corrected chi connectivity index (χ2v) is 5.19. The highest BCUT2D eigenvalue weighted by atomic mass is 16.2. The van der Waals surface area contributed by atoms with E-state index in [1.165, 1.54) is 6.21 Å². The van der Waals surface area contributed by atoms with Crippen molar-refractivity contribution in [2.75, 3.05) is 5.32 Å². The Morgan fingerprint density at radius 2 is 1.62 bits per heavy atom. The molecule has 3 aromatic rings. The van der Waals surface area contributed by atoms with Crippen molar-refractivity contribution in [2.45, 2.75) is 0 Å². The van der Waals surface area contributed by atoms with Crippen LogP contribution in [0, 0.1) is 0 Å². The first-order valence-corrected chi connectivity index (χ1v) is 7.86. The number of anilines is 1. The molecule has 0 aliphatic heterocycles. The highest BCUT2D eigenvalue weighted by molar-refractivity contribution is 5.90. The number of benzene rings is 2. The number of rotatable bonds is 5. The third-order valence-electron chi connectivity index (χ3n) is 3.23. The third kappa shape index (κ3) is 5.34. The molecule has 0 atom stereocenters. The molecule has 7 heteroatoms. The van der Waals surface area contributed by atoms with Crippen LogP contribution < -0.4 is 10.7 Å². The van der Waals surface area contributed by atoms with Gasteiger partial charge in [-0.2, -0.15) is 15.3 Å². The lowest BCUT2D eigenvalue weighted by Crippen LogP contribution is -2.24. The summed E-state index contributed by atoms with van der Waals surface area (Å²) in [5, 5.41) is 14.8. The van der Waals surface area contributed by atoms with Crippen LogP contribution in [-0.4, -0.2) is 17.2 Å². The summed E-state index contributed by atoms with van der Waals surface area (Å²) in [5.41, 5.74) is 5.27. The van der Waals surface area contributed by atoms with Gasteiger partial charge in [-0.05, 0) is 42.5 Å². The molecule has 0 bridgehead atoms. The second-order valence-electron chi connectivity index (χ2n) is 5.19. The maximum Gasteiger partial charge on any atom is 0.339 e. The van der Waals surface area contributed by atoms with Gasteiger partial charge in [0.2, 0.25) is 0 Å². The predicted molar refractivity (Wildman–Crippen MR) is 101 cm³/mol. The van der Waals surface area contributed by atoms with E-state index in [9.17, 15) is 4.79 Å². The lowest BCUT2D eigenvalue weighted by atomic mass is 10.3. The number of nitrogens with one attached hydrogen (secondary N) is 2. The number of amides is 2. The molecule has 0 aliphatic carbocycles. The van der Waals surface area contributed by atoms with Crippen molar-refractivity contribution >= 4 is 29.3 Å². The first-order chi connectivity index (χ1) is 12.8. The van der Waals surface area contributed by atoms with Gasteiger partial charge in [-0.15, -0.1) is 0 Å². The van der Waals surface area contributed by atoms with E-state index in [0.29, 0.717) is 11.4 Å². The normalized spacial score (nSPS) is 10.9. The Balaban J connectivity index is 1.51. The fraction of sp³-hybridized carbons (Fsp3) is 0. The number of aromatic nitrogens is 1. The average molecular weight is 344 g/mol. The van der Waals surface area contributed by atoms with E-state index in [1.807, 2.05) is 36.4 Å². The Bertz CT molecular complexity index is 892. The quantitative estimate of drug-likeness (QED) is 0.400. The molecule has 0 saturated heterocycles. The SMILES string of the molecule is O=C(N/N=C\c1cccnc1)Nc1ccc(N=Nc2ccccc2)cc1. The Morgan fingerprint density at radius 3 is 2.31 bits per heavy atom. The molecular weight excluding hydrogens is 328 g/mol. The summed E-state index contributed by atoms with van der Waals surface area (Å²) >= 11 is 0. The van der Waals surface area contributed by atoms with Crippen LogP contribution in [0.25, 0.3) is 0 Å². The fourth-order valence-electron chi connectivity index (χ4n) is 2.00. The smallest absolute Gasteiger partial charge is 0.307 e. The number of hydrazone groups is 1. The van der Waals surface area contributed by atoms with Crippen molar-refractivity contribution in [3.8, 4) is 0 Å². The highest BCUT2D eigenvalue weighted by Gasteiger charge is 2.00. The predicted octanol–water partition coefficient (Wildman–Crippen LogP) is 4.65. The van der Waals surface area contributed by atoms with Gasteiger partial charge in [0.15, 0.2) is 0 Å². The second kappa shape index (κ2) is 8.84. The third-order valence-corrected chi connectivity index (χ3v) is 3.23. The minimum absolute atomic E-state index is 0.441. The van der Waals surface area contributed by atoms with Gasteiger partial charge in [-0.1, -0.05) is 24.3 Å². The maximum atomic E-state index is 11.8. The van der Waals surface area contributed by atoms with E-state index in [0.717, 1.165) is 11.3 Å². The summed E-state index contributed by atoms with van der Waals surface area (Å²) in [6, 6.07) is 19.7. The van der Waals surface area contributed by atoms with E-state index in [4.69, 9.17) is 0 Å². The maximum absolute atomic E-state index is 11.8. The molecule has 2 amide bonds. The zero-order valence-electron chi connectivity index (χ0n) is 13.8. The van der Waals surface area contributed by atoms with Gasteiger partial charge < -0.3 is 5.32 Å². The number of hydrogen-bond donors (Lipinski definition) is 2. The standard InChI is InChI=1S/C19H16N6O/c26-19(25-21-14-15-5-4-12-20-13-15)22-16-8-10-18(11-9-16)24-23-17-6-2-1-3-7-17/h1-14H,(H2,22,25,26)/b21-14-,24-23?. The van der Waals surface area contributed by atoms with E-state index >= 15 is 0 Å². The zero-order chi connectivity index (χ0) is 18.0. The summed E-state index contributed by atoms with van der Waals surface area (Å²) in [7, 11) is 0. The van der Waals surface area contributed by atoms with Gasteiger partial charge in [0.1, 0.15) is 0 Å². The number of nitrogens with zero attached hydrogens (tertiary/aromatic N) is 4. The van der Waals surface area contributed by atoms with E-state index < -0.39 is 6.03 Å². The van der Waals surface area contributed by atoms with Crippen LogP contribution >= 0.6 is 0 Å². The van der Waals surface area contributed by atoms with Crippen LogP contribution in [0.1, 0.15) is 5.56 Å². The van der Waals surface area contributed by atoms with Crippen LogP contribution in [0.4, 0.5) is 21.9 Å². The Kier molecular flexibility index (Phi) is 5.77. The number of pyridine rings is 1. The largest absolute Gasteiger partial charge is 0.339 e. The highest BCUT2D eigenvalue weighted by Crippen LogP contribution is 2.19. The molecule has 0 aliphatic rings. The Morgan fingerprint density at radius 1 is 0.885 bits per heavy atom. The van der Waals surface area contributed by atoms with Gasteiger partial charge in [-0.25, -0.2) is 10.2 Å². The van der Waals surface area contributed by atoms with Crippen molar-refractivity contribution in [1.82, 2.24) is 10.4 Å². The first kappa shape index (κ1) is 17.0. The summed E-state index contributed by atoms with van der Waals surface area (Å²) < 4.78 is 0. The molecule has 0 fully saturated rings. The minimum atomic E-state index is -0.441. The topological polar surface area (TPSA) is 91.1 Å². The van der Waals surface area contributed by atoms with Crippen molar-refractivity contribution in [3.63, 3.8) is 0 Å². The monoisotopic (exact) mass is 344 g/mol. The molecule has 0 unspecified atom stereocenters. The number of azo groups is 1. The van der Waals surface area contributed by atoms with Gasteiger partial charge in [-0.3, -0.25) is 4.98 Å².